The molecule has 0 unspecified atom stereocenters. The smallest absolute Gasteiger partial charge is 0.0700 e. The lowest BCUT2D eigenvalue weighted by Crippen LogP contribution is -2.18. The summed E-state index contributed by atoms with van der Waals surface area (Å²) in [5, 5.41) is 9.05. The lowest BCUT2D eigenvalue weighted by atomic mass is 9.95. The molecule has 1 atom stereocenters. The maximum atomic E-state index is 9.05. The van der Waals surface area contributed by atoms with Crippen molar-refractivity contribution < 1.29 is 5.11 Å². The van der Waals surface area contributed by atoms with Crippen LogP contribution in [0.3, 0.4) is 0 Å². The minimum atomic E-state index is -0.0230. The highest BCUT2D eigenvalue weighted by Crippen LogP contribution is 2.21. The Morgan fingerprint density at radius 3 is 2.77 bits per heavy atom. The van der Waals surface area contributed by atoms with E-state index in [1.807, 2.05) is 6.07 Å². The number of rotatable bonds is 3. The molecule has 0 saturated carbocycles. The molecule has 0 saturated heterocycles. The van der Waals surface area contributed by atoms with Gasteiger partial charge in [0.15, 0.2) is 0 Å². The number of aromatic nitrogens is 1. The molecule has 0 spiro atoms. The van der Waals surface area contributed by atoms with Gasteiger partial charge in [-0.3, -0.25) is 4.98 Å². The van der Waals surface area contributed by atoms with Gasteiger partial charge in [-0.15, -0.1) is 0 Å². The summed E-state index contributed by atoms with van der Waals surface area (Å²) in [6.45, 7) is 4.13. The Morgan fingerprint density at radius 1 is 1.54 bits per heavy atom. The van der Waals surface area contributed by atoms with Crippen molar-refractivity contribution in [3.63, 3.8) is 0 Å². The van der Waals surface area contributed by atoms with Crippen LogP contribution in [0.15, 0.2) is 18.5 Å². The van der Waals surface area contributed by atoms with Crippen molar-refractivity contribution >= 4 is 0 Å². The summed E-state index contributed by atoms with van der Waals surface area (Å²) in [7, 11) is 0. The summed E-state index contributed by atoms with van der Waals surface area (Å²) in [6, 6.07) is 1.85. The molecule has 13 heavy (non-hydrogen) atoms. The highest BCUT2D eigenvalue weighted by Gasteiger charge is 2.13. The molecule has 1 heterocycles. The van der Waals surface area contributed by atoms with E-state index in [0.717, 1.165) is 11.1 Å². The summed E-state index contributed by atoms with van der Waals surface area (Å²) in [5.41, 5.74) is 7.79. The van der Waals surface area contributed by atoms with Gasteiger partial charge in [-0.1, -0.05) is 13.8 Å². The van der Waals surface area contributed by atoms with Gasteiger partial charge in [0, 0.05) is 24.0 Å². The Balaban J connectivity index is 2.98. The molecular weight excluding hydrogens is 164 g/mol. The maximum absolute atomic E-state index is 9.05. The van der Waals surface area contributed by atoms with Gasteiger partial charge >= 0.3 is 0 Å². The number of pyridine rings is 1. The molecule has 0 aliphatic carbocycles. The number of nitrogens with zero attached hydrogens (tertiary/aromatic N) is 1. The maximum Gasteiger partial charge on any atom is 0.0700 e. The second-order valence-electron chi connectivity index (χ2n) is 3.50. The van der Waals surface area contributed by atoms with Gasteiger partial charge in [-0.05, 0) is 17.5 Å². The average Bonchev–Trinajstić information content (AvgIpc) is 2.16. The Hall–Kier alpha value is -0.930. The summed E-state index contributed by atoms with van der Waals surface area (Å²) in [4.78, 5) is 3.94. The number of aliphatic hydroxyl groups excluding tert-OH is 1. The normalized spacial score (nSPS) is 13.3. The summed E-state index contributed by atoms with van der Waals surface area (Å²) in [6.07, 6.45) is 3.37. The van der Waals surface area contributed by atoms with Gasteiger partial charge in [0.2, 0.25) is 0 Å². The van der Waals surface area contributed by atoms with Crippen LogP contribution in [0.1, 0.15) is 31.0 Å². The fraction of sp³-hybridized carbons (Fsp3) is 0.500. The zero-order valence-corrected chi connectivity index (χ0v) is 8.07. The third-order valence-corrected chi connectivity index (χ3v) is 2.19. The van der Waals surface area contributed by atoms with Gasteiger partial charge in [0.25, 0.3) is 0 Å². The van der Waals surface area contributed by atoms with Gasteiger partial charge in [-0.25, -0.2) is 0 Å². The highest BCUT2D eigenvalue weighted by atomic mass is 16.3. The molecule has 1 rings (SSSR count). The molecule has 3 N–H and O–H groups in total. The predicted octanol–water partition coefficient (Wildman–Crippen LogP) is 1.23. The Labute approximate surface area is 78.6 Å². The van der Waals surface area contributed by atoms with Crippen LogP contribution >= 0.6 is 0 Å². The van der Waals surface area contributed by atoms with Crippen LogP contribution < -0.4 is 5.73 Å². The van der Waals surface area contributed by atoms with E-state index in [-0.39, 0.29) is 12.6 Å². The molecule has 0 fully saturated rings. The molecule has 0 bridgehead atoms. The minimum absolute atomic E-state index is 0.00356. The summed E-state index contributed by atoms with van der Waals surface area (Å²) in [5.74, 6) is 0.368. The first kappa shape index (κ1) is 10.2. The van der Waals surface area contributed by atoms with Crippen LogP contribution in [0.5, 0.6) is 0 Å². The quantitative estimate of drug-likeness (QED) is 0.735. The monoisotopic (exact) mass is 180 g/mol. The molecule has 1 aromatic rings. The van der Waals surface area contributed by atoms with Crippen molar-refractivity contribution in [1.29, 1.82) is 0 Å². The first-order valence-corrected chi connectivity index (χ1v) is 4.46. The molecule has 3 heteroatoms. The van der Waals surface area contributed by atoms with E-state index in [1.165, 1.54) is 0 Å². The number of aliphatic hydroxyl groups is 1. The van der Waals surface area contributed by atoms with E-state index in [0.29, 0.717) is 5.92 Å². The van der Waals surface area contributed by atoms with E-state index >= 15 is 0 Å². The Bertz CT molecular complexity index is 273. The van der Waals surface area contributed by atoms with Crippen LogP contribution in [0, 0.1) is 5.92 Å². The van der Waals surface area contributed by atoms with Gasteiger partial charge in [0.05, 0.1) is 6.61 Å². The highest BCUT2D eigenvalue weighted by molar-refractivity contribution is 5.26. The van der Waals surface area contributed by atoms with Crippen LogP contribution in [0.25, 0.3) is 0 Å². The number of hydrogen-bond acceptors (Lipinski definition) is 3. The zero-order valence-electron chi connectivity index (χ0n) is 8.07. The molecule has 0 radical (unpaired) electrons. The Morgan fingerprint density at radius 2 is 2.23 bits per heavy atom. The SMILES string of the molecule is CC(C)[C@H](N)c1ccncc1CO. The minimum Gasteiger partial charge on any atom is -0.392 e. The molecule has 0 amide bonds. The third-order valence-electron chi connectivity index (χ3n) is 2.19. The second-order valence-corrected chi connectivity index (χ2v) is 3.50. The Kier molecular flexibility index (Phi) is 3.39. The van der Waals surface area contributed by atoms with Crippen molar-refractivity contribution in [3.05, 3.63) is 29.6 Å². The standard InChI is InChI=1S/C10H16N2O/c1-7(2)10(11)9-3-4-12-5-8(9)6-13/h3-5,7,10,13H,6,11H2,1-2H3/t10-/m0/s1. The fourth-order valence-electron chi connectivity index (χ4n) is 1.25. The van der Waals surface area contributed by atoms with Crippen molar-refractivity contribution in [1.82, 2.24) is 4.98 Å². The molecule has 0 aliphatic heterocycles. The topological polar surface area (TPSA) is 59.1 Å². The zero-order chi connectivity index (χ0) is 9.84. The fourth-order valence-corrected chi connectivity index (χ4v) is 1.25. The van der Waals surface area contributed by atoms with Crippen molar-refractivity contribution in [2.24, 2.45) is 11.7 Å². The van der Waals surface area contributed by atoms with Gasteiger partial charge in [0.1, 0.15) is 0 Å². The van der Waals surface area contributed by atoms with Crippen molar-refractivity contribution in [3.8, 4) is 0 Å². The first-order chi connectivity index (χ1) is 6.16. The van der Waals surface area contributed by atoms with Gasteiger partial charge in [-0.2, -0.15) is 0 Å². The number of hydrogen-bond donors (Lipinski definition) is 2. The van der Waals surface area contributed by atoms with E-state index < -0.39 is 0 Å². The molecule has 1 aromatic heterocycles. The molecule has 0 aromatic carbocycles. The molecule has 0 aliphatic rings. The average molecular weight is 180 g/mol. The number of nitrogens with two attached hydrogens (primary N) is 1. The molecular formula is C10H16N2O. The van der Waals surface area contributed by atoms with E-state index in [9.17, 15) is 0 Å². The molecule has 72 valence electrons. The van der Waals surface area contributed by atoms with E-state index in [1.54, 1.807) is 12.4 Å². The van der Waals surface area contributed by atoms with E-state index in [4.69, 9.17) is 10.8 Å². The first-order valence-electron chi connectivity index (χ1n) is 4.46. The van der Waals surface area contributed by atoms with Crippen LogP contribution in [0.2, 0.25) is 0 Å². The van der Waals surface area contributed by atoms with E-state index in [2.05, 4.69) is 18.8 Å². The lowest BCUT2D eigenvalue weighted by molar-refractivity contribution is 0.278. The van der Waals surface area contributed by atoms with Crippen LogP contribution in [-0.4, -0.2) is 10.1 Å². The largest absolute Gasteiger partial charge is 0.392 e. The predicted molar refractivity (Wildman–Crippen MR) is 51.9 cm³/mol. The van der Waals surface area contributed by atoms with Crippen molar-refractivity contribution in [2.75, 3.05) is 0 Å². The third kappa shape index (κ3) is 2.26. The van der Waals surface area contributed by atoms with Crippen molar-refractivity contribution in [2.45, 2.75) is 26.5 Å². The molecule has 3 nitrogen and oxygen atoms in total. The van der Waals surface area contributed by atoms with Crippen LogP contribution in [0.4, 0.5) is 0 Å². The second kappa shape index (κ2) is 4.35. The lowest BCUT2D eigenvalue weighted by Gasteiger charge is -2.18. The summed E-state index contributed by atoms with van der Waals surface area (Å²) >= 11 is 0. The van der Waals surface area contributed by atoms with Gasteiger partial charge < -0.3 is 10.8 Å². The summed E-state index contributed by atoms with van der Waals surface area (Å²) < 4.78 is 0. The van der Waals surface area contributed by atoms with Crippen LogP contribution in [-0.2, 0) is 6.61 Å².